The van der Waals surface area contributed by atoms with Gasteiger partial charge in [0.25, 0.3) is 0 Å². The number of rotatable bonds is 4. The van der Waals surface area contributed by atoms with Crippen LogP contribution in [-0.2, 0) is 11.9 Å². The van der Waals surface area contributed by atoms with Crippen LogP contribution in [0.5, 0.6) is 5.75 Å². The average molecular weight is 407 g/mol. The van der Waals surface area contributed by atoms with Crippen LogP contribution in [0, 0.1) is 0 Å². The van der Waals surface area contributed by atoms with E-state index in [-0.39, 0.29) is 5.16 Å². The highest BCUT2D eigenvalue weighted by atomic mass is 32.2. The summed E-state index contributed by atoms with van der Waals surface area (Å²) < 4.78 is 50.5. The first-order valence-electron chi connectivity index (χ1n) is 8.01. The van der Waals surface area contributed by atoms with Gasteiger partial charge in [0.1, 0.15) is 11.3 Å². The first-order chi connectivity index (χ1) is 13.3. The molecule has 0 saturated heterocycles. The van der Waals surface area contributed by atoms with E-state index < -0.39 is 17.4 Å². The summed E-state index contributed by atoms with van der Waals surface area (Å²) in [6.45, 7) is 0. The molecule has 3 heterocycles. The molecule has 0 atom stereocenters. The van der Waals surface area contributed by atoms with Gasteiger partial charge >= 0.3 is 11.8 Å². The summed E-state index contributed by atoms with van der Waals surface area (Å²) in [5, 5.41) is 8.83. The molecule has 0 fully saturated rings. The van der Waals surface area contributed by atoms with Crippen molar-refractivity contribution >= 4 is 28.4 Å². The molecular weight excluding hydrogens is 395 g/mol. The van der Waals surface area contributed by atoms with Crippen LogP contribution in [0.25, 0.3) is 16.6 Å². The van der Waals surface area contributed by atoms with Gasteiger partial charge in [0.05, 0.1) is 12.7 Å². The van der Waals surface area contributed by atoms with E-state index in [1.54, 1.807) is 18.2 Å². The van der Waals surface area contributed by atoms with Crippen molar-refractivity contribution in [3.05, 3.63) is 64.1 Å². The van der Waals surface area contributed by atoms with Gasteiger partial charge in [-0.2, -0.15) is 13.2 Å². The van der Waals surface area contributed by atoms with E-state index >= 15 is 0 Å². The predicted octanol–water partition coefficient (Wildman–Crippen LogP) is 4.16. The molecule has 6 nitrogen and oxygen atoms in total. The largest absolute Gasteiger partial charge is 0.497 e. The van der Waals surface area contributed by atoms with Gasteiger partial charge in [-0.15, -0.1) is 10.2 Å². The van der Waals surface area contributed by atoms with E-state index in [0.29, 0.717) is 33.7 Å². The zero-order chi connectivity index (χ0) is 19.9. The summed E-state index contributed by atoms with van der Waals surface area (Å²) in [6, 6.07) is 8.68. The molecule has 0 aliphatic rings. The number of thioether (sulfide) groups is 1. The van der Waals surface area contributed by atoms with Crippen LogP contribution < -0.4 is 10.4 Å². The van der Waals surface area contributed by atoms with Crippen LogP contribution in [-0.4, -0.2) is 21.7 Å². The van der Waals surface area contributed by atoms with Crippen LogP contribution in [0.15, 0.2) is 57.0 Å². The normalized spacial score (nSPS) is 12.0. The fourth-order valence-electron chi connectivity index (χ4n) is 2.73. The number of methoxy groups -OCH3 is 1. The van der Waals surface area contributed by atoms with Crippen molar-refractivity contribution in [2.75, 3.05) is 7.11 Å². The van der Waals surface area contributed by atoms with Gasteiger partial charge < -0.3 is 9.15 Å². The zero-order valence-corrected chi connectivity index (χ0v) is 15.2. The van der Waals surface area contributed by atoms with Gasteiger partial charge in [0.2, 0.25) is 0 Å². The Hall–Kier alpha value is -3.01. The highest BCUT2D eigenvalue weighted by Gasteiger charge is 2.31. The lowest BCUT2D eigenvalue weighted by Gasteiger charge is -2.08. The minimum absolute atomic E-state index is 0.288. The van der Waals surface area contributed by atoms with Crippen molar-refractivity contribution < 1.29 is 22.3 Å². The van der Waals surface area contributed by atoms with E-state index in [0.717, 1.165) is 12.3 Å². The summed E-state index contributed by atoms with van der Waals surface area (Å²) >= 11 is 1.17. The van der Waals surface area contributed by atoms with Crippen molar-refractivity contribution in [3.8, 4) is 5.75 Å². The molecule has 4 rings (SSSR count). The summed E-state index contributed by atoms with van der Waals surface area (Å²) in [4.78, 5) is 11.9. The SMILES string of the molecule is COc1ccc2c(CSc3nnc4ccc(C(F)(F)F)cn34)cc(=O)oc2c1. The third-order valence-corrected chi connectivity index (χ3v) is 5.08. The van der Waals surface area contributed by atoms with Crippen LogP contribution >= 0.6 is 11.8 Å². The number of hydrogen-bond donors (Lipinski definition) is 0. The Bertz CT molecular complexity index is 1230. The molecule has 10 heteroatoms. The summed E-state index contributed by atoms with van der Waals surface area (Å²) in [7, 11) is 1.50. The highest BCUT2D eigenvalue weighted by molar-refractivity contribution is 7.98. The maximum atomic E-state index is 13.0. The second-order valence-corrected chi connectivity index (χ2v) is 6.81. The summed E-state index contributed by atoms with van der Waals surface area (Å²) in [5.74, 6) is 0.842. The Labute approximate surface area is 159 Å². The van der Waals surface area contributed by atoms with Crippen molar-refractivity contribution in [1.29, 1.82) is 0 Å². The first kappa shape index (κ1) is 18.4. The summed E-state index contributed by atoms with van der Waals surface area (Å²) in [5.41, 5.74) is 0.0228. The standard InChI is InChI=1S/C18H12F3N3O3S/c1-26-12-3-4-13-10(6-16(25)27-14(13)7-12)9-28-17-23-22-15-5-2-11(8-24(15)17)18(19,20)21/h2-8H,9H2,1H3. The van der Waals surface area contributed by atoms with E-state index in [1.165, 1.54) is 35.4 Å². The molecule has 0 N–H and O–H groups in total. The third kappa shape index (κ3) is 3.42. The molecule has 0 radical (unpaired) electrons. The number of halogens is 3. The molecule has 1 aromatic carbocycles. The molecule has 144 valence electrons. The van der Waals surface area contributed by atoms with Crippen molar-refractivity contribution in [2.24, 2.45) is 0 Å². The van der Waals surface area contributed by atoms with E-state index in [9.17, 15) is 18.0 Å². The number of benzene rings is 1. The maximum absolute atomic E-state index is 13.0. The minimum atomic E-state index is -4.46. The quantitative estimate of drug-likeness (QED) is 0.374. The minimum Gasteiger partial charge on any atom is -0.497 e. The second kappa shape index (κ2) is 6.86. The van der Waals surface area contributed by atoms with Crippen molar-refractivity contribution in [1.82, 2.24) is 14.6 Å². The molecule has 4 aromatic rings. The number of fused-ring (bicyclic) bond motifs is 2. The molecule has 0 unspecified atom stereocenters. The fourth-order valence-corrected chi connectivity index (χ4v) is 3.64. The molecule has 0 bridgehead atoms. The third-order valence-electron chi connectivity index (χ3n) is 4.09. The van der Waals surface area contributed by atoms with Crippen LogP contribution in [0.1, 0.15) is 11.1 Å². The van der Waals surface area contributed by atoms with Gasteiger partial charge in [-0.05, 0) is 29.8 Å². The van der Waals surface area contributed by atoms with Gasteiger partial charge in [-0.3, -0.25) is 4.40 Å². The van der Waals surface area contributed by atoms with Gasteiger partial charge in [0.15, 0.2) is 10.8 Å². The van der Waals surface area contributed by atoms with Gasteiger partial charge in [0, 0.05) is 29.5 Å². The summed E-state index contributed by atoms with van der Waals surface area (Å²) in [6.07, 6.45) is -3.51. The number of nitrogens with zero attached hydrogens (tertiary/aromatic N) is 3. The van der Waals surface area contributed by atoms with Crippen LogP contribution in [0.3, 0.4) is 0 Å². The molecule has 0 saturated carbocycles. The Morgan fingerprint density at radius 3 is 2.75 bits per heavy atom. The van der Waals surface area contributed by atoms with E-state index in [4.69, 9.17) is 9.15 Å². The number of alkyl halides is 3. The molecule has 0 aliphatic carbocycles. The van der Waals surface area contributed by atoms with E-state index in [2.05, 4.69) is 10.2 Å². The average Bonchev–Trinajstić information content (AvgIpc) is 3.07. The topological polar surface area (TPSA) is 69.6 Å². The number of ether oxygens (including phenoxy) is 1. The van der Waals surface area contributed by atoms with Crippen molar-refractivity contribution in [3.63, 3.8) is 0 Å². The Morgan fingerprint density at radius 1 is 1.18 bits per heavy atom. The molecule has 0 aliphatic heterocycles. The van der Waals surface area contributed by atoms with Crippen LogP contribution in [0.4, 0.5) is 13.2 Å². The number of hydrogen-bond acceptors (Lipinski definition) is 6. The lowest BCUT2D eigenvalue weighted by molar-refractivity contribution is -0.137. The zero-order valence-electron chi connectivity index (χ0n) is 14.4. The Balaban J connectivity index is 1.69. The molecule has 0 amide bonds. The number of pyridine rings is 1. The fraction of sp³-hybridized carbons (Fsp3) is 0.167. The lowest BCUT2D eigenvalue weighted by Crippen LogP contribution is -2.06. The number of aromatic nitrogens is 3. The molecule has 28 heavy (non-hydrogen) atoms. The van der Waals surface area contributed by atoms with Crippen molar-refractivity contribution in [2.45, 2.75) is 17.1 Å². The predicted molar refractivity (Wildman–Crippen MR) is 96.6 cm³/mol. The molecule has 0 spiro atoms. The Kier molecular flexibility index (Phi) is 4.50. The van der Waals surface area contributed by atoms with Gasteiger partial charge in [-0.25, -0.2) is 4.79 Å². The highest BCUT2D eigenvalue weighted by Crippen LogP contribution is 2.31. The maximum Gasteiger partial charge on any atom is 0.417 e. The van der Waals surface area contributed by atoms with E-state index in [1.807, 2.05) is 0 Å². The molecule has 3 aromatic heterocycles. The molecular formula is C18H12F3N3O3S. The van der Waals surface area contributed by atoms with Crippen LogP contribution in [0.2, 0.25) is 0 Å². The first-order valence-corrected chi connectivity index (χ1v) is 8.99. The monoisotopic (exact) mass is 407 g/mol. The second-order valence-electron chi connectivity index (χ2n) is 5.87. The van der Waals surface area contributed by atoms with Gasteiger partial charge in [-0.1, -0.05) is 11.8 Å². The smallest absolute Gasteiger partial charge is 0.417 e. The lowest BCUT2D eigenvalue weighted by atomic mass is 10.1. The Morgan fingerprint density at radius 2 is 2.00 bits per heavy atom.